The molecule has 2 heterocycles. The zero-order valence-electron chi connectivity index (χ0n) is 27.5. The van der Waals surface area contributed by atoms with E-state index in [0.29, 0.717) is 17.5 Å². The fourth-order valence-electron chi connectivity index (χ4n) is 8.05. The second-order valence-corrected chi connectivity index (χ2v) is 13.2. The molecule has 51 heavy (non-hydrogen) atoms. The van der Waals surface area contributed by atoms with E-state index in [0.717, 1.165) is 33.5 Å². The monoisotopic (exact) mass is 648 g/mol. The molecule has 0 amide bonds. The first-order chi connectivity index (χ1) is 25.3. The maximum atomic E-state index is 5.07. The molecule has 0 radical (unpaired) electrons. The number of benzene rings is 9. The second kappa shape index (κ2) is 10.8. The largest absolute Gasteiger partial charge is 0.309 e. The van der Waals surface area contributed by atoms with E-state index in [4.69, 9.17) is 15.0 Å². The van der Waals surface area contributed by atoms with Gasteiger partial charge in [0.2, 0.25) is 0 Å². The number of hydrogen-bond acceptors (Lipinski definition) is 3. The predicted octanol–water partition coefficient (Wildman–Crippen LogP) is 12.0. The first-order valence-corrected chi connectivity index (χ1v) is 17.3. The molecular weight excluding hydrogens is 621 g/mol. The zero-order valence-corrected chi connectivity index (χ0v) is 27.5. The van der Waals surface area contributed by atoms with Crippen LogP contribution in [0.15, 0.2) is 170 Å². The van der Waals surface area contributed by atoms with E-state index in [2.05, 4.69) is 138 Å². The second-order valence-electron chi connectivity index (χ2n) is 13.2. The van der Waals surface area contributed by atoms with Crippen LogP contribution in [0.2, 0.25) is 0 Å². The summed E-state index contributed by atoms with van der Waals surface area (Å²) in [6.45, 7) is 0. The van der Waals surface area contributed by atoms with Crippen LogP contribution in [-0.4, -0.2) is 19.5 Å². The summed E-state index contributed by atoms with van der Waals surface area (Å²) >= 11 is 0. The van der Waals surface area contributed by atoms with Gasteiger partial charge in [0.1, 0.15) is 0 Å². The van der Waals surface area contributed by atoms with Crippen LogP contribution in [0.5, 0.6) is 0 Å². The van der Waals surface area contributed by atoms with Crippen molar-refractivity contribution >= 4 is 54.1 Å². The average Bonchev–Trinajstić information content (AvgIpc) is 3.56. The van der Waals surface area contributed by atoms with E-state index in [-0.39, 0.29) is 0 Å². The van der Waals surface area contributed by atoms with Crippen molar-refractivity contribution in [1.82, 2.24) is 19.5 Å². The van der Waals surface area contributed by atoms with Crippen LogP contribution in [0, 0.1) is 0 Å². The number of fused-ring (bicyclic) bond motifs is 1. The summed E-state index contributed by atoms with van der Waals surface area (Å²) < 4.78 is 2.41. The normalized spacial score (nSPS) is 11.9. The van der Waals surface area contributed by atoms with Crippen LogP contribution in [0.4, 0.5) is 0 Å². The van der Waals surface area contributed by atoms with Gasteiger partial charge in [-0.3, -0.25) is 0 Å². The van der Waals surface area contributed by atoms with E-state index in [1.807, 2.05) is 36.4 Å². The Balaban J connectivity index is 1.08. The highest BCUT2D eigenvalue weighted by atomic mass is 15.0. The Morgan fingerprint density at radius 3 is 1.59 bits per heavy atom. The Morgan fingerprint density at radius 2 is 0.843 bits per heavy atom. The standard InChI is InChI=1S/C47H28N4/c1-3-10-29(11-4-1)34-15-7-16-35(28-34)47-49-45(32-12-5-2-6-13-32)48-46(50-47)33-22-25-36(26-23-33)51-39-19-9-18-38-37-17-8-14-30-20-21-31-24-27-40(51)44(43(38)39)42(31)41(30)37/h1-28H. The van der Waals surface area contributed by atoms with Crippen molar-refractivity contribution in [1.29, 1.82) is 0 Å². The van der Waals surface area contributed by atoms with Gasteiger partial charge in [0, 0.05) is 38.5 Å². The van der Waals surface area contributed by atoms with Crippen LogP contribution in [0.1, 0.15) is 0 Å². The van der Waals surface area contributed by atoms with Gasteiger partial charge in [0.15, 0.2) is 17.5 Å². The van der Waals surface area contributed by atoms with Gasteiger partial charge in [-0.15, -0.1) is 0 Å². The Bertz CT molecular complexity index is 3050. The predicted molar refractivity (Wildman–Crippen MR) is 211 cm³/mol. The molecule has 0 aliphatic rings. The minimum absolute atomic E-state index is 0.641. The molecule has 11 rings (SSSR count). The minimum atomic E-state index is 0.641. The topological polar surface area (TPSA) is 43.6 Å². The van der Waals surface area contributed by atoms with E-state index < -0.39 is 0 Å². The lowest BCUT2D eigenvalue weighted by Gasteiger charge is -2.13. The quantitative estimate of drug-likeness (QED) is 0.138. The third-order valence-corrected chi connectivity index (χ3v) is 10.3. The Hall–Kier alpha value is -6.91. The summed E-state index contributed by atoms with van der Waals surface area (Å²) in [7, 11) is 0. The first kappa shape index (κ1) is 28.0. The lowest BCUT2D eigenvalue weighted by molar-refractivity contribution is 1.07. The van der Waals surface area contributed by atoms with Crippen LogP contribution >= 0.6 is 0 Å². The van der Waals surface area contributed by atoms with Crippen molar-refractivity contribution in [3.8, 4) is 51.0 Å². The molecule has 9 aromatic carbocycles. The van der Waals surface area contributed by atoms with Gasteiger partial charge in [0.05, 0.1) is 11.0 Å². The van der Waals surface area contributed by atoms with Crippen molar-refractivity contribution in [2.75, 3.05) is 0 Å². The van der Waals surface area contributed by atoms with Gasteiger partial charge in [0.25, 0.3) is 0 Å². The number of nitrogens with zero attached hydrogens (tertiary/aromatic N) is 4. The van der Waals surface area contributed by atoms with Crippen LogP contribution < -0.4 is 0 Å². The van der Waals surface area contributed by atoms with Crippen molar-refractivity contribution in [3.63, 3.8) is 0 Å². The highest BCUT2D eigenvalue weighted by Crippen LogP contribution is 2.47. The minimum Gasteiger partial charge on any atom is -0.309 e. The van der Waals surface area contributed by atoms with E-state index in [1.165, 1.54) is 54.1 Å². The molecule has 0 aliphatic heterocycles. The highest BCUT2D eigenvalue weighted by Gasteiger charge is 2.22. The molecule has 0 aliphatic carbocycles. The summed E-state index contributed by atoms with van der Waals surface area (Å²) in [4.78, 5) is 15.1. The van der Waals surface area contributed by atoms with Crippen LogP contribution in [0.25, 0.3) is 105 Å². The summed E-state index contributed by atoms with van der Waals surface area (Å²) in [5, 5.41) is 10.5. The maximum absolute atomic E-state index is 5.07. The third kappa shape index (κ3) is 4.23. The van der Waals surface area contributed by atoms with Gasteiger partial charge in [-0.05, 0) is 80.5 Å². The van der Waals surface area contributed by atoms with Gasteiger partial charge >= 0.3 is 0 Å². The fourth-order valence-corrected chi connectivity index (χ4v) is 8.05. The molecule has 0 spiro atoms. The summed E-state index contributed by atoms with van der Waals surface area (Å²) in [5.41, 5.74) is 8.63. The number of hydrogen-bond donors (Lipinski definition) is 0. The Labute approximate surface area is 293 Å². The molecule has 0 N–H and O–H groups in total. The molecule has 4 heteroatoms. The molecule has 236 valence electrons. The van der Waals surface area contributed by atoms with Gasteiger partial charge in [-0.25, -0.2) is 15.0 Å². The first-order valence-electron chi connectivity index (χ1n) is 17.3. The SMILES string of the molecule is c1ccc(-c2cccc(-c3nc(-c4ccccc4)nc(-c4ccc(-n5c6cccc7c8cccc9ccc%10ccc5c(c%10c98)c76)cc4)n3)c2)cc1. The Morgan fingerprint density at radius 1 is 0.314 bits per heavy atom. The lowest BCUT2D eigenvalue weighted by atomic mass is 9.89. The van der Waals surface area contributed by atoms with Crippen molar-refractivity contribution in [2.24, 2.45) is 0 Å². The summed E-state index contributed by atoms with van der Waals surface area (Å²) in [6.07, 6.45) is 0. The number of rotatable bonds is 5. The average molecular weight is 649 g/mol. The van der Waals surface area contributed by atoms with Crippen molar-refractivity contribution in [3.05, 3.63) is 170 Å². The summed E-state index contributed by atoms with van der Waals surface area (Å²) in [5.74, 6) is 1.93. The maximum Gasteiger partial charge on any atom is 0.164 e. The number of aromatic nitrogens is 4. The van der Waals surface area contributed by atoms with E-state index in [9.17, 15) is 0 Å². The molecule has 2 aromatic heterocycles. The molecule has 0 fully saturated rings. The molecular formula is C47H28N4. The highest BCUT2D eigenvalue weighted by molar-refractivity contribution is 6.40. The molecule has 0 atom stereocenters. The molecule has 4 nitrogen and oxygen atoms in total. The van der Waals surface area contributed by atoms with Gasteiger partial charge in [-0.2, -0.15) is 0 Å². The fraction of sp³-hybridized carbons (Fsp3) is 0. The van der Waals surface area contributed by atoms with Crippen molar-refractivity contribution in [2.45, 2.75) is 0 Å². The Kier molecular flexibility index (Phi) is 5.92. The lowest BCUT2D eigenvalue weighted by Crippen LogP contribution is -2.00. The van der Waals surface area contributed by atoms with Crippen molar-refractivity contribution < 1.29 is 0 Å². The molecule has 0 saturated heterocycles. The van der Waals surface area contributed by atoms with Crippen LogP contribution in [0.3, 0.4) is 0 Å². The van der Waals surface area contributed by atoms with E-state index >= 15 is 0 Å². The smallest absolute Gasteiger partial charge is 0.164 e. The molecule has 0 unspecified atom stereocenters. The molecule has 0 saturated carbocycles. The van der Waals surface area contributed by atoms with Gasteiger partial charge in [-0.1, -0.05) is 127 Å². The van der Waals surface area contributed by atoms with Crippen LogP contribution in [-0.2, 0) is 0 Å². The molecule has 0 bridgehead atoms. The zero-order chi connectivity index (χ0) is 33.5. The summed E-state index contributed by atoms with van der Waals surface area (Å²) in [6, 6.07) is 60.1. The van der Waals surface area contributed by atoms with E-state index in [1.54, 1.807) is 0 Å². The third-order valence-electron chi connectivity index (χ3n) is 10.3. The molecule has 11 aromatic rings. The van der Waals surface area contributed by atoms with Gasteiger partial charge < -0.3 is 4.57 Å².